The van der Waals surface area contributed by atoms with Crippen LogP contribution in [0.3, 0.4) is 0 Å². The zero-order valence-corrected chi connectivity index (χ0v) is 11.3. The van der Waals surface area contributed by atoms with E-state index in [4.69, 9.17) is 11.6 Å². The third-order valence-electron chi connectivity index (χ3n) is 2.08. The normalized spacial score (nSPS) is 15.3. The van der Waals surface area contributed by atoms with E-state index in [1.165, 1.54) is 0 Å². The van der Waals surface area contributed by atoms with Crippen LogP contribution in [0.4, 0.5) is 5.69 Å². The van der Waals surface area contributed by atoms with E-state index in [1.807, 2.05) is 19.1 Å². The lowest BCUT2D eigenvalue weighted by atomic mass is 10.2. The largest absolute Gasteiger partial charge is 0.334 e. The van der Waals surface area contributed by atoms with Gasteiger partial charge in [-0.25, -0.2) is 0 Å². The molecule has 0 spiro atoms. The van der Waals surface area contributed by atoms with Gasteiger partial charge < -0.3 is 5.32 Å². The van der Waals surface area contributed by atoms with E-state index < -0.39 is 0 Å². The molecule has 15 heavy (non-hydrogen) atoms. The number of rotatable bonds is 1. The van der Waals surface area contributed by atoms with Crippen molar-refractivity contribution >= 4 is 50.1 Å². The minimum atomic E-state index is 0.768. The molecule has 0 bridgehead atoms. The molecule has 2 nitrogen and oxygen atoms in total. The van der Waals surface area contributed by atoms with Gasteiger partial charge in [-0.15, -0.1) is 0 Å². The second-order valence-electron chi connectivity index (χ2n) is 3.24. The number of hydrogen-bond acceptors (Lipinski definition) is 3. The molecule has 1 aromatic rings. The van der Waals surface area contributed by atoms with E-state index in [0.29, 0.717) is 0 Å². The van der Waals surface area contributed by atoms with E-state index >= 15 is 0 Å². The number of benzene rings is 1. The summed E-state index contributed by atoms with van der Waals surface area (Å²) >= 11 is 11.3. The van der Waals surface area contributed by atoms with Gasteiger partial charge in [0.1, 0.15) is 0 Å². The molecule has 80 valence electrons. The number of aliphatic imine (C=N–C) groups is 1. The number of aryl methyl sites for hydroxylation is 1. The summed E-state index contributed by atoms with van der Waals surface area (Å²) in [4.78, 5) is 4.33. The summed E-state index contributed by atoms with van der Waals surface area (Å²) in [5.41, 5.74) is 2.04. The lowest BCUT2D eigenvalue weighted by Crippen LogP contribution is -2.05. The van der Waals surface area contributed by atoms with Crippen LogP contribution in [-0.2, 0) is 0 Å². The number of hydrogen-bond donors (Lipinski definition) is 1. The molecule has 0 unspecified atom stereocenters. The molecule has 0 amide bonds. The molecule has 0 saturated carbocycles. The van der Waals surface area contributed by atoms with E-state index in [1.54, 1.807) is 11.8 Å². The lowest BCUT2D eigenvalue weighted by molar-refractivity contribution is 1.17. The lowest BCUT2D eigenvalue weighted by Gasteiger charge is -2.09. The highest BCUT2D eigenvalue weighted by Crippen LogP contribution is 2.30. The molecular weight excluding hydrogens is 296 g/mol. The van der Waals surface area contributed by atoms with Crippen LogP contribution in [0, 0.1) is 6.92 Å². The number of amidine groups is 1. The zero-order valence-electron chi connectivity index (χ0n) is 8.18. The molecule has 1 N–H and O–H groups in total. The van der Waals surface area contributed by atoms with Gasteiger partial charge in [0, 0.05) is 15.2 Å². The van der Waals surface area contributed by atoms with Crippen molar-refractivity contribution in [2.45, 2.75) is 6.92 Å². The van der Waals surface area contributed by atoms with Gasteiger partial charge in [-0.2, -0.15) is 0 Å². The van der Waals surface area contributed by atoms with Crippen LogP contribution in [0.15, 0.2) is 21.6 Å². The van der Waals surface area contributed by atoms with Gasteiger partial charge >= 0.3 is 0 Å². The van der Waals surface area contributed by atoms with Gasteiger partial charge in [-0.3, -0.25) is 4.99 Å². The molecule has 1 heterocycles. The number of thioether (sulfide) groups is 1. The molecule has 0 aromatic heterocycles. The predicted octanol–water partition coefficient (Wildman–Crippen LogP) is 3.93. The van der Waals surface area contributed by atoms with Crippen LogP contribution in [-0.4, -0.2) is 17.5 Å². The fraction of sp³-hybridized carbons (Fsp3) is 0.300. The fourth-order valence-electron chi connectivity index (χ4n) is 1.27. The van der Waals surface area contributed by atoms with E-state index in [9.17, 15) is 0 Å². The second kappa shape index (κ2) is 4.76. The molecule has 0 fully saturated rings. The summed E-state index contributed by atoms with van der Waals surface area (Å²) in [6.07, 6.45) is 0. The Labute approximate surface area is 107 Å². The Balaban J connectivity index is 2.24. The average molecular weight is 306 g/mol. The van der Waals surface area contributed by atoms with Gasteiger partial charge in [0.15, 0.2) is 5.17 Å². The maximum atomic E-state index is 6.06. The Morgan fingerprint density at radius 2 is 2.33 bits per heavy atom. The second-order valence-corrected chi connectivity index (χ2v) is 5.59. The molecule has 0 saturated heterocycles. The van der Waals surface area contributed by atoms with Crippen molar-refractivity contribution in [1.82, 2.24) is 0 Å². The standard InChI is InChI=1S/C10H10BrClN2S/c1-6-4-7(11)9(5-8(6)12)14-10-13-2-3-15-10/h4-5H,2-3H2,1H3,(H,13,14). The minimum Gasteiger partial charge on any atom is -0.334 e. The Morgan fingerprint density at radius 1 is 1.53 bits per heavy atom. The molecule has 1 aromatic carbocycles. The van der Waals surface area contributed by atoms with Crippen LogP contribution in [0.5, 0.6) is 0 Å². The van der Waals surface area contributed by atoms with Crippen LogP contribution in [0.25, 0.3) is 0 Å². The first-order valence-electron chi connectivity index (χ1n) is 4.57. The number of nitrogens with zero attached hydrogens (tertiary/aromatic N) is 1. The quantitative estimate of drug-likeness (QED) is 0.850. The summed E-state index contributed by atoms with van der Waals surface area (Å²) in [6, 6.07) is 3.92. The molecule has 0 atom stereocenters. The number of halogens is 2. The Morgan fingerprint density at radius 3 is 3.00 bits per heavy atom. The molecule has 2 rings (SSSR count). The van der Waals surface area contributed by atoms with Crippen LogP contribution < -0.4 is 5.32 Å². The van der Waals surface area contributed by atoms with Crippen LogP contribution >= 0.6 is 39.3 Å². The van der Waals surface area contributed by atoms with Gasteiger partial charge in [0.25, 0.3) is 0 Å². The van der Waals surface area contributed by atoms with Crippen LogP contribution in [0.1, 0.15) is 5.56 Å². The summed E-state index contributed by atoms with van der Waals surface area (Å²) in [7, 11) is 0. The van der Waals surface area contributed by atoms with E-state index in [-0.39, 0.29) is 0 Å². The van der Waals surface area contributed by atoms with Crippen molar-refractivity contribution < 1.29 is 0 Å². The number of nitrogens with one attached hydrogen (secondary N) is 1. The summed E-state index contributed by atoms with van der Waals surface area (Å²) in [6.45, 7) is 2.88. The third kappa shape index (κ3) is 2.68. The highest BCUT2D eigenvalue weighted by molar-refractivity contribution is 9.10. The molecule has 0 radical (unpaired) electrons. The van der Waals surface area contributed by atoms with Gasteiger partial charge in [-0.05, 0) is 40.5 Å². The van der Waals surface area contributed by atoms with Crippen molar-refractivity contribution in [3.8, 4) is 0 Å². The molecule has 5 heteroatoms. The molecular formula is C10H10BrClN2S. The summed E-state index contributed by atoms with van der Waals surface area (Å²) in [5.74, 6) is 1.06. The molecule has 0 aliphatic carbocycles. The minimum absolute atomic E-state index is 0.768. The Hall–Kier alpha value is -0.190. The highest BCUT2D eigenvalue weighted by atomic mass is 79.9. The van der Waals surface area contributed by atoms with Gasteiger partial charge in [0.2, 0.25) is 0 Å². The Bertz CT molecular complexity index is 420. The first-order chi connectivity index (χ1) is 7.16. The van der Waals surface area contributed by atoms with Gasteiger partial charge in [-0.1, -0.05) is 23.4 Å². The predicted molar refractivity (Wildman–Crippen MR) is 72.3 cm³/mol. The van der Waals surface area contributed by atoms with E-state index in [2.05, 4.69) is 26.2 Å². The molecule has 1 aliphatic rings. The Kier molecular flexibility index (Phi) is 3.59. The fourth-order valence-corrected chi connectivity index (χ4v) is 2.73. The monoisotopic (exact) mass is 304 g/mol. The zero-order chi connectivity index (χ0) is 10.8. The first kappa shape index (κ1) is 11.3. The first-order valence-corrected chi connectivity index (χ1v) is 6.72. The maximum absolute atomic E-state index is 6.06. The smallest absolute Gasteiger partial charge is 0.161 e. The van der Waals surface area contributed by atoms with Gasteiger partial charge in [0.05, 0.1) is 12.2 Å². The van der Waals surface area contributed by atoms with Crippen molar-refractivity contribution in [1.29, 1.82) is 0 Å². The van der Waals surface area contributed by atoms with Crippen molar-refractivity contribution in [3.05, 3.63) is 27.2 Å². The van der Waals surface area contributed by atoms with Crippen molar-refractivity contribution in [2.24, 2.45) is 4.99 Å². The van der Waals surface area contributed by atoms with E-state index in [0.717, 1.165) is 38.2 Å². The third-order valence-corrected chi connectivity index (χ3v) is 4.03. The topological polar surface area (TPSA) is 24.4 Å². The highest BCUT2D eigenvalue weighted by Gasteiger charge is 2.10. The molecule has 1 aliphatic heterocycles. The van der Waals surface area contributed by atoms with Crippen molar-refractivity contribution in [2.75, 3.05) is 17.6 Å². The maximum Gasteiger partial charge on any atom is 0.161 e. The SMILES string of the molecule is Cc1cc(Br)c(NC2=NCCS2)cc1Cl. The summed E-state index contributed by atoms with van der Waals surface area (Å²) < 4.78 is 1.01. The number of anilines is 1. The van der Waals surface area contributed by atoms with Crippen molar-refractivity contribution in [3.63, 3.8) is 0 Å². The summed E-state index contributed by atoms with van der Waals surface area (Å²) in [5, 5.41) is 4.99. The van der Waals surface area contributed by atoms with Crippen LogP contribution in [0.2, 0.25) is 5.02 Å². The average Bonchev–Trinajstić information content (AvgIpc) is 2.67.